The highest BCUT2D eigenvalue weighted by molar-refractivity contribution is 5.41. The average molecular weight is 561 g/mol. The fourth-order valence-corrected chi connectivity index (χ4v) is 5.90. The van der Waals surface area contributed by atoms with Crippen LogP contribution in [-0.2, 0) is 13.1 Å². The van der Waals surface area contributed by atoms with Crippen LogP contribution in [0.3, 0.4) is 0 Å². The molecule has 3 aromatic rings. The predicted molar refractivity (Wildman–Crippen MR) is 157 cm³/mol. The van der Waals surface area contributed by atoms with Crippen molar-refractivity contribution in [2.45, 2.75) is 77.4 Å². The predicted octanol–water partition coefficient (Wildman–Crippen LogP) is 3.06. The molecule has 2 saturated heterocycles. The Morgan fingerprint density at radius 2 is 1.90 bits per heavy atom. The third-order valence-electron chi connectivity index (χ3n) is 8.26. The molecule has 2 N–H and O–H groups in total. The Morgan fingerprint density at radius 1 is 1.10 bits per heavy atom. The van der Waals surface area contributed by atoms with Gasteiger partial charge in [-0.25, -0.2) is 4.79 Å². The maximum Gasteiger partial charge on any atom is 0.332 e. The number of anilines is 2. The number of hydrogen-bond donors (Lipinski definition) is 1. The van der Waals surface area contributed by atoms with Crippen LogP contribution >= 0.6 is 0 Å². The Hall–Kier alpha value is -3.91. The van der Waals surface area contributed by atoms with Crippen molar-refractivity contribution in [3.8, 4) is 6.07 Å². The molecule has 2 aliphatic heterocycles. The van der Waals surface area contributed by atoms with Gasteiger partial charge in [-0.15, -0.1) is 0 Å². The zero-order chi connectivity index (χ0) is 28.9. The molecule has 2 aromatic heterocycles. The second-order valence-corrected chi connectivity index (χ2v) is 11.7. The highest BCUT2D eigenvalue weighted by atomic mass is 16.5. The second kappa shape index (κ2) is 12.7. The van der Waals surface area contributed by atoms with Crippen molar-refractivity contribution < 1.29 is 4.52 Å². The molecular formula is C30H40N8O3. The third kappa shape index (κ3) is 6.70. The van der Waals surface area contributed by atoms with Crippen molar-refractivity contribution in [3.63, 3.8) is 0 Å². The van der Waals surface area contributed by atoms with E-state index in [9.17, 15) is 14.9 Å². The minimum Gasteiger partial charge on any atom is -0.356 e. The van der Waals surface area contributed by atoms with Crippen LogP contribution in [-0.4, -0.2) is 51.5 Å². The summed E-state index contributed by atoms with van der Waals surface area (Å²) < 4.78 is 8.49. The smallest absolute Gasteiger partial charge is 0.332 e. The van der Waals surface area contributed by atoms with E-state index >= 15 is 0 Å². The summed E-state index contributed by atoms with van der Waals surface area (Å²) in [6.07, 6.45) is 5.52. The van der Waals surface area contributed by atoms with Gasteiger partial charge in [-0.2, -0.15) is 10.2 Å². The minimum absolute atomic E-state index is 0.000142. The number of hydrogen-bond acceptors (Lipinski definition) is 9. The number of nitrogens with two attached hydrogens (primary N) is 1. The van der Waals surface area contributed by atoms with Gasteiger partial charge in [-0.3, -0.25) is 13.9 Å². The van der Waals surface area contributed by atoms with Gasteiger partial charge < -0.3 is 20.1 Å². The summed E-state index contributed by atoms with van der Waals surface area (Å²) in [5.41, 5.74) is 7.02. The Kier molecular flexibility index (Phi) is 8.88. The fraction of sp³-hybridized carbons (Fsp3) is 0.567. The summed E-state index contributed by atoms with van der Waals surface area (Å²) >= 11 is 0. The zero-order valence-corrected chi connectivity index (χ0v) is 24.0. The molecule has 11 heteroatoms. The molecule has 11 nitrogen and oxygen atoms in total. The molecule has 0 bridgehead atoms. The molecule has 2 fully saturated rings. The van der Waals surface area contributed by atoms with Gasteiger partial charge in [-0.1, -0.05) is 31.1 Å². The number of nitriles is 1. The van der Waals surface area contributed by atoms with Gasteiger partial charge in [0.2, 0.25) is 0 Å². The SMILES string of the molecule is CC(C)c1noc(N2CCC(CCCn3c(=O)cc(N4CCCC(N)C4)n(Cc4cccc(C#N)c4)c3=O)CC2)n1. The molecular weight excluding hydrogens is 520 g/mol. The first kappa shape index (κ1) is 28.6. The molecule has 41 heavy (non-hydrogen) atoms. The third-order valence-corrected chi connectivity index (χ3v) is 8.26. The van der Waals surface area contributed by atoms with Gasteiger partial charge in [0.15, 0.2) is 5.82 Å². The molecule has 1 unspecified atom stereocenters. The summed E-state index contributed by atoms with van der Waals surface area (Å²) in [4.78, 5) is 35.8. The first-order valence-corrected chi connectivity index (χ1v) is 14.7. The van der Waals surface area contributed by atoms with Crippen LogP contribution in [0.5, 0.6) is 0 Å². The summed E-state index contributed by atoms with van der Waals surface area (Å²) in [5, 5.41) is 13.4. The van der Waals surface area contributed by atoms with E-state index in [0.717, 1.165) is 69.5 Å². The van der Waals surface area contributed by atoms with Gasteiger partial charge >= 0.3 is 11.7 Å². The van der Waals surface area contributed by atoms with E-state index in [4.69, 9.17) is 10.3 Å². The molecule has 0 aliphatic carbocycles. The topological polar surface area (TPSA) is 139 Å². The highest BCUT2D eigenvalue weighted by Crippen LogP contribution is 2.26. The van der Waals surface area contributed by atoms with Crippen molar-refractivity contribution in [1.82, 2.24) is 19.3 Å². The van der Waals surface area contributed by atoms with Crippen LogP contribution in [0.15, 0.2) is 44.4 Å². The van der Waals surface area contributed by atoms with E-state index in [1.54, 1.807) is 22.8 Å². The van der Waals surface area contributed by atoms with Crippen molar-refractivity contribution in [2.75, 3.05) is 36.0 Å². The summed E-state index contributed by atoms with van der Waals surface area (Å²) in [6, 6.07) is 11.6. The number of benzene rings is 1. The molecule has 1 atom stereocenters. The molecule has 0 spiro atoms. The lowest BCUT2D eigenvalue weighted by Crippen LogP contribution is -2.48. The molecule has 0 radical (unpaired) electrons. The Balaban J connectivity index is 1.28. The van der Waals surface area contributed by atoms with Crippen LogP contribution in [0.1, 0.15) is 75.2 Å². The fourth-order valence-electron chi connectivity index (χ4n) is 5.90. The number of nitrogens with zero attached hydrogens (tertiary/aromatic N) is 7. The maximum absolute atomic E-state index is 13.8. The lowest BCUT2D eigenvalue weighted by Gasteiger charge is -2.34. The van der Waals surface area contributed by atoms with E-state index in [2.05, 4.69) is 26.0 Å². The van der Waals surface area contributed by atoms with Crippen molar-refractivity contribution in [3.05, 3.63) is 68.1 Å². The van der Waals surface area contributed by atoms with Crippen LogP contribution in [0, 0.1) is 17.2 Å². The molecule has 4 heterocycles. The molecule has 5 rings (SSSR count). The quantitative estimate of drug-likeness (QED) is 0.418. The minimum atomic E-state index is -0.318. The first-order chi connectivity index (χ1) is 19.8. The van der Waals surface area contributed by atoms with Gasteiger partial charge in [-0.05, 0) is 62.1 Å². The van der Waals surface area contributed by atoms with Crippen LogP contribution in [0.25, 0.3) is 0 Å². The molecule has 1 aromatic carbocycles. The van der Waals surface area contributed by atoms with Gasteiger partial charge in [0, 0.05) is 50.7 Å². The number of aromatic nitrogens is 4. The van der Waals surface area contributed by atoms with E-state index in [-0.39, 0.29) is 29.8 Å². The second-order valence-electron chi connectivity index (χ2n) is 11.7. The normalized spacial score (nSPS) is 18.2. The summed E-state index contributed by atoms with van der Waals surface area (Å²) in [5.74, 6) is 2.07. The summed E-state index contributed by atoms with van der Waals surface area (Å²) in [7, 11) is 0. The van der Waals surface area contributed by atoms with E-state index in [0.29, 0.717) is 36.4 Å². The molecule has 218 valence electrons. The molecule has 0 saturated carbocycles. The summed E-state index contributed by atoms with van der Waals surface area (Å²) in [6.45, 7) is 7.79. The van der Waals surface area contributed by atoms with Crippen molar-refractivity contribution in [1.29, 1.82) is 5.26 Å². The highest BCUT2D eigenvalue weighted by Gasteiger charge is 2.25. The zero-order valence-electron chi connectivity index (χ0n) is 24.0. The number of piperidine rings is 2. The lowest BCUT2D eigenvalue weighted by atomic mass is 9.92. The van der Waals surface area contributed by atoms with Crippen molar-refractivity contribution >= 4 is 11.8 Å². The van der Waals surface area contributed by atoms with E-state index < -0.39 is 0 Å². The van der Waals surface area contributed by atoms with E-state index in [1.165, 1.54) is 4.57 Å². The van der Waals surface area contributed by atoms with Crippen LogP contribution in [0.2, 0.25) is 0 Å². The van der Waals surface area contributed by atoms with Crippen LogP contribution in [0.4, 0.5) is 11.8 Å². The van der Waals surface area contributed by atoms with Crippen LogP contribution < -0.4 is 26.8 Å². The Labute approximate surface area is 240 Å². The molecule has 2 aliphatic rings. The average Bonchev–Trinajstić information content (AvgIpc) is 3.48. The monoisotopic (exact) mass is 560 g/mol. The molecule has 0 amide bonds. The Morgan fingerprint density at radius 3 is 2.61 bits per heavy atom. The Bertz CT molecular complexity index is 1490. The van der Waals surface area contributed by atoms with Gasteiger partial charge in [0.25, 0.3) is 5.56 Å². The largest absolute Gasteiger partial charge is 0.356 e. The standard InChI is InChI=1S/C30H40N8O3/c1-21(2)28-33-29(41-34-28)35-14-10-22(11-15-35)8-4-13-37-27(39)17-26(36-12-5-9-25(32)20-36)38(30(37)40)19-24-7-3-6-23(16-24)18-31/h3,6-7,16-17,21-22,25H,4-5,8-15,19-20,32H2,1-2H3. The number of rotatable bonds is 9. The van der Waals surface area contributed by atoms with Gasteiger partial charge in [0.05, 0.1) is 18.2 Å². The van der Waals surface area contributed by atoms with Crippen molar-refractivity contribution in [2.24, 2.45) is 11.7 Å². The maximum atomic E-state index is 13.8. The first-order valence-electron chi connectivity index (χ1n) is 14.7. The lowest BCUT2D eigenvalue weighted by molar-refractivity contribution is 0.337. The van der Waals surface area contributed by atoms with E-state index in [1.807, 2.05) is 26.0 Å². The van der Waals surface area contributed by atoms with Gasteiger partial charge in [0.1, 0.15) is 5.82 Å².